The molecule has 0 spiro atoms. The lowest BCUT2D eigenvalue weighted by atomic mass is 10.0. The highest BCUT2D eigenvalue weighted by molar-refractivity contribution is 5.97. The van der Waals surface area contributed by atoms with Gasteiger partial charge < -0.3 is 10.6 Å². The van der Waals surface area contributed by atoms with Gasteiger partial charge in [-0.3, -0.25) is 0 Å². The van der Waals surface area contributed by atoms with Crippen molar-refractivity contribution >= 4 is 16.5 Å². The van der Waals surface area contributed by atoms with E-state index in [-0.39, 0.29) is 0 Å². The summed E-state index contributed by atoms with van der Waals surface area (Å²) in [6.45, 7) is 2.19. The van der Waals surface area contributed by atoms with Crippen LogP contribution < -0.4 is 10.6 Å². The van der Waals surface area contributed by atoms with Crippen molar-refractivity contribution in [3.63, 3.8) is 0 Å². The minimum Gasteiger partial charge on any atom is -0.382 e. The summed E-state index contributed by atoms with van der Waals surface area (Å²) in [6, 6.07) is 14.9. The second-order valence-electron chi connectivity index (χ2n) is 5.34. The van der Waals surface area contributed by atoms with Gasteiger partial charge in [0.25, 0.3) is 0 Å². The molecule has 1 heterocycles. The van der Waals surface area contributed by atoms with Crippen molar-refractivity contribution in [3.8, 4) is 6.07 Å². The average Bonchev–Trinajstić information content (AvgIpc) is 2.76. The lowest BCUT2D eigenvalue weighted by molar-refractivity contribution is 0.638. The minimum atomic E-state index is 0.515. The highest BCUT2D eigenvalue weighted by Crippen LogP contribution is 2.27. The van der Waals surface area contributed by atoms with E-state index in [0.717, 1.165) is 41.5 Å². The van der Waals surface area contributed by atoms with Crippen molar-refractivity contribution in [1.29, 1.82) is 5.26 Å². The average molecular weight is 265 g/mol. The van der Waals surface area contributed by atoms with Gasteiger partial charge in [-0.25, -0.2) is 0 Å². The van der Waals surface area contributed by atoms with Gasteiger partial charge in [0, 0.05) is 22.5 Å². The summed E-state index contributed by atoms with van der Waals surface area (Å²) in [5, 5.41) is 18.5. The quantitative estimate of drug-likeness (QED) is 0.876. The van der Waals surface area contributed by atoms with E-state index >= 15 is 0 Å². The van der Waals surface area contributed by atoms with Gasteiger partial charge in [0.1, 0.15) is 0 Å². The molecule has 102 valence electrons. The molecular weight excluding hydrogens is 246 g/mol. The Morgan fingerprint density at radius 2 is 1.90 bits per heavy atom. The summed E-state index contributed by atoms with van der Waals surface area (Å²) >= 11 is 0. The first-order valence-electron chi connectivity index (χ1n) is 7.27. The smallest absolute Gasteiger partial charge is 0.0998 e. The molecule has 1 saturated heterocycles. The number of nitrogens with one attached hydrogen (secondary N) is 2. The molecule has 0 aromatic heterocycles. The zero-order valence-corrected chi connectivity index (χ0v) is 11.5. The molecule has 2 aromatic carbocycles. The molecule has 0 saturated carbocycles. The maximum atomic E-state index is 9.21. The van der Waals surface area contributed by atoms with Gasteiger partial charge in [-0.2, -0.15) is 5.26 Å². The zero-order valence-electron chi connectivity index (χ0n) is 11.5. The first-order valence-corrected chi connectivity index (χ1v) is 7.27. The maximum Gasteiger partial charge on any atom is 0.0998 e. The number of rotatable bonds is 2. The van der Waals surface area contributed by atoms with Gasteiger partial charge >= 0.3 is 0 Å². The van der Waals surface area contributed by atoms with Crippen LogP contribution in [0.4, 0.5) is 5.69 Å². The number of nitrogens with zero attached hydrogens (tertiary/aromatic N) is 1. The Bertz CT molecular complexity index is 634. The highest BCUT2D eigenvalue weighted by Gasteiger charge is 2.13. The molecule has 0 bridgehead atoms. The summed E-state index contributed by atoms with van der Waals surface area (Å²) in [5.74, 6) is 0. The van der Waals surface area contributed by atoms with Gasteiger partial charge in [0.15, 0.2) is 0 Å². The second kappa shape index (κ2) is 5.94. The largest absolute Gasteiger partial charge is 0.382 e. The molecule has 0 amide bonds. The van der Waals surface area contributed by atoms with E-state index in [1.807, 2.05) is 30.3 Å². The van der Waals surface area contributed by atoms with Crippen molar-refractivity contribution < 1.29 is 0 Å². The van der Waals surface area contributed by atoms with Crippen LogP contribution in [0.3, 0.4) is 0 Å². The molecule has 3 rings (SSSR count). The van der Waals surface area contributed by atoms with Crippen molar-refractivity contribution in [3.05, 3.63) is 42.0 Å². The predicted molar refractivity (Wildman–Crippen MR) is 82.8 cm³/mol. The van der Waals surface area contributed by atoms with Gasteiger partial charge in [0.2, 0.25) is 0 Å². The van der Waals surface area contributed by atoms with Gasteiger partial charge in [-0.1, -0.05) is 24.3 Å². The van der Waals surface area contributed by atoms with Crippen molar-refractivity contribution in [2.45, 2.75) is 25.3 Å². The van der Waals surface area contributed by atoms with Crippen LogP contribution in [-0.2, 0) is 0 Å². The molecule has 2 aromatic rings. The number of hydrogen-bond donors (Lipinski definition) is 2. The Morgan fingerprint density at radius 1 is 1.05 bits per heavy atom. The molecule has 2 N–H and O–H groups in total. The first kappa shape index (κ1) is 13.0. The van der Waals surface area contributed by atoms with E-state index in [9.17, 15) is 5.26 Å². The molecule has 1 unspecified atom stereocenters. The van der Waals surface area contributed by atoms with Crippen LogP contribution in [0, 0.1) is 11.3 Å². The van der Waals surface area contributed by atoms with Gasteiger partial charge in [0.05, 0.1) is 11.6 Å². The molecular formula is C17H19N3. The molecule has 1 atom stereocenters. The Balaban J connectivity index is 1.93. The third kappa shape index (κ3) is 2.61. The molecule has 3 heteroatoms. The van der Waals surface area contributed by atoms with Crippen LogP contribution in [-0.4, -0.2) is 19.1 Å². The van der Waals surface area contributed by atoms with Crippen LogP contribution >= 0.6 is 0 Å². The fourth-order valence-electron chi connectivity index (χ4n) is 2.91. The number of fused-ring (bicyclic) bond motifs is 1. The third-order valence-corrected chi connectivity index (χ3v) is 3.98. The molecule has 0 radical (unpaired) electrons. The van der Waals surface area contributed by atoms with Crippen molar-refractivity contribution in [1.82, 2.24) is 5.32 Å². The topological polar surface area (TPSA) is 47.9 Å². The van der Waals surface area contributed by atoms with Crippen LogP contribution in [0.25, 0.3) is 10.8 Å². The Morgan fingerprint density at radius 3 is 2.75 bits per heavy atom. The van der Waals surface area contributed by atoms with E-state index < -0.39 is 0 Å². The summed E-state index contributed by atoms with van der Waals surface area (Å²) < 4.78 is 0. The minimum absolute atomic E-state index is 0.515. The highest BCUT2D eigenvalue weighted by atomic mass is 14.9. The number of anilines is 1. The summed E-state index contributed by atoms with van der Waals surface area (Å²) in [4.78, 5) is 0. The molecule has 3 nitrogen and oxygen atoms in total. The Kier molecular flexibility index (Phi) is 3.85. The lowest BCUT2D eigenvalue weighted by Gasteiger charge is -2.19. The maximum absolute atomic E-state index is 9.21. The van der Waals surface area contributed by atoms with Crippen LogP contribution in [0.15, 0.2) is 36.4 Å². The predicted octanol–water partition coefficient (Wildman–Crippen LogP) is 3.27. The monoisotopic (exact) mass is 265 g/mol. The number of nitriles is 1. The number of hydrogen-bond acceptors (Lipinski definition) is 3. The third-order valence-electron chi connectivity index (χ3n) is 3.98. The number of benzene rings is 2. The molecule has 1 aliphatic rings. The lowest BCUT2D eigenvalue weighted by Crippen LogP contribution is -2.21. The SMILES string of the molecule is N#Cc1ccc(NC2CCCNCC2)c2ccccc12. The second-order valence-corrected chi connectivity index (χ2v) is 5.34. The van der Waals surface area contributed by atoms with Crippen molar-refractivity contribution in [2.24, 2.45) is 0 Å². The van der Waals surface area contributed by atoms with Crippen LogP contribution in [0.5, 0.6) is 0 Å². The fourth-order valence-corrected chi connectivity index (χ4v) is 2.91. The molecule has 20 heavy (non-hydrogen) atoms. The van der Waals surface area contributed by atoms with Crippen LogP contribution in [0.1, 0.15) is 24.8 Å². The standard InChI is InChI=1S/C17H19N3/c18-12-13-7-8-17(16-6-2-1-5-15(13)16)20-14-4-3-10-19-11-9-14/h1-2,5-8,14,19-20H,3-4,9-11H2. The normalized spacial score (nSPS) is 19.2. The molecule has 0 aliphatic carbocycles. The van der Waals surface area contributed by atoms with Crippen molar-refractivity contribution in [2.75, 3.05) is 18.4 Å². The van der Waals surface area contributed by atoms with E-state index in [4.69, 9.17) is 0 Å². The van der Waals surface area contributed by atoms with Gasteiger partial charge in [-0.05, 0) is 44.5 Å². The fraction of sp³-hybridized carbons (Fsp3) is 0.353. The Labute approximate surface area is 119 Å². The van der Waals surface area contributed by atoms with Crippen LogP contribution in [0.2, 0.25) is 0 Å². The van der Waals surface area contributed by atoms with E-state index in [1.54, 1.807) is 0 Å². The summed E-state index contributed by atoms with van der Waals surface area (Å²) in [7, 11) is 0. The molecule has 1 fully saturated rings. The Hall–Kier alpha value is -2.05. The van der Waals surface area contributed by atoms with E-state index in [2.05, 4.69) is 22.8 Å². The van der Waals surface area contributed by atoms with E-state index in [1.165, 1.54) is 12.8 Å². The van der Waals surface area contributed by atoms with Gasteiger partial charge in [-0.15, -0.1) is 0 Å². The van der Waals surface area contributed by atoms with E-state index in [0.29, 0.717) is 6.04 Å². The zero-order chi connectivity index (χ0) is 13.8. The molecule has 1 aliphatic heterocycles. The summed E-state index contributed by atoms with van der Waals surface area (Å²) in [5.41, 5.74) is 1.89. The summed E-state index contributed by atoms with van der Waals surface area (Å²) in [6.07, 6.45) is 3.56. The first-order chi connectivity index (χ1) is 9.88.